The van der Waals surface area contributed by atoms with Gasteiger partial charge in [-0.2, -0.15) is 0 Å². The highest BCUT2D eigenvalue weighted by Crippen LogP contribution is 2.29. The van der Waals surface area contributed by atoms with Crippen molar-refractivity contribution in [2.24, 2.45) is 4.99 Å². The van der Waals surface area contributed by atoms with E-state index in [9.17, 15) is 0 Å². The summed E-state index contributed by atoms with van der Waals surface area (Å²) in [5.74, 6) is 1.56. The Morgan fingerprint density at radius 1 is 0.897 bits per heavy atom. The Balaban J connectivity index is 1.87. The van der Waals surface area contributed by atoms with Gasteiger partial charge in [0.25, 0.3) is 0 Å². The number of anilines is 2. The van der Waals surface area contributed by atoms with Crippen LogP contribution in [0.3, 0.4) is 0 Å². The molecule has 0 heterocycles. The standard InChI is InChI=1S/C23H23N3O2S/c1-27-21-14-8-6-10-18(21)16-26(20-13-7-9-15-22(20)28-2)17-24-23(29)25-19-11-4-3-5-12-19/h3-15,17H,16H2,1-2H3,(H,25,29)/b24-17-. The number of thiocarbonyl (C=S) groups is 1. The molecule has 0 saturated heterocycles. The SMILES string of the molecule is COc1ccccc1CN(/C=N\C(=S)Nc1ccccc1)c1ccccc1OC. The maximum atomic E-state index is 5.54. The van der Waals surface area contributed by atoms with E-state index in [2.05, 4.69) is 10.3 Å². The monoisotopic (exact) mass is 405 g/mol. The number of ether oxygens (including phenoxy) is 2. The Kier molecular flexibility index (Phi) is 7.19. The molecule has 0 spiro atoms. The minimum Gasteiger partial charge on any atom is -0.496 e. The van der Waals surface area contributed by atoms with Crippen molar-refractivity contribution >= 4 is 35.0 Å². The molecule has 0 aliphatic carbocycles. The summed E-state index contributed by atoms with van der Waals surface area (Å²) in [6.07, 6.45) is 1.71. The quantitative estimate of drug-likeness (QED) is 0.335. The lowest BCUT2D eigenvalue weighted by atomic mass is 10.1. The van der Waals surface area contributed by atoms with Gasteiger partial charge in [-0.15, -0.1) is 0 Å². The lowest BCUT2D eigenvalue weighted by Gasteiger charge is -2.23. The van der Waals surface area contributed by atoms with Gasteiger partial charge in [-0.05, 0) is 42.5 Å². The van der Waals surface area contributed by atoms with Crippen LogP contribution >= 0.6 is 12.2 Å². The van der Waals surface area contributed by atoms with E-state index in [4.69, 9.17) is 21.7 Å². The van der Waals surface area contributed by atoms with Gasteiger partial charge in [0, 0.05) is 11.3 Å². The molecule has 0 fully saturated rings. The molecule has 0 aromatic heterocycles. The van der Waals surface area contributed by atoms with Gasteiger partial charge in [0.1, 0.15) is 11.5 Å². The summed E-state index contributed by atoms with van der Waals surface area (Å²) in [5, 5.41) is 3.49. The average Bonchev–Trinajstić information content (AvgIpc) is 2.77. The van der Waals surface area contributed by atoms with Crippen molar-refractivity contribution in [3.8, 4) is 11.5 Å². The van der Waals surface area contributed by atoms with Crippen LogP contribution in [0, 0.1) is 0 Å². The molecule has 0 atom stereocenters. The summed E-state index contributed by atoms with van der Waals surface area (Å²) in [5.41, 5.74) is 2.80. The minimum absolute atomic E-state index is 0.371. The van der Waals surface area contributed by atoms with E-state index in [1.807, 2.05) is 83.8 Å². The number of aliphatic imine (C=N–C) groups is 1. The number of para-hydroxylation sites is 4. The number of nitrogens with one attached hydrogen (secondary N) is 1. The third-order valence-corrected chi connectivity index (χ3v) is 4.47. The number of methoxy groups -OCH3 is 2. The number of rotatable bonds is 7. The van der Waals surface area contributed by atoms with Gasteiger partial charge >= 0.3 is 0 Å². The van der Waals surface area contributed by atoms with Crippen molar-refractivity contribution in [3.63, 3.8) is 0 Å². The molecule has 29 heavy (non-hydrogen) atoms. The molecule has 3 aromatic rings. The highest BCUT2D eigenvalue weighted by atomic mass is 32.1. The second kappa shape index (κ2) is 10.2. The molecule has 0 unspecified atom stereocenters. The largest absolute Gasteiger partial charge is 0.496 e. The van der Waals surface area contributed by atoms with Crippen molar-refractivity contribution < 1.29 is 9.47 Å². The Bertz CT molecular complexity index is 977. The summed E-state index contributed by atoms with van der Waals surface area (Å²) in [6, 6.07) is 25.4. The number of hydrogen-bond donors (Lipinski definition) is 1. The van der Waals surface area contributed by atoms with Crippen molar-refractivity contribution in [1.82, 2.24) is 0 Å². The number of hydrogen-bond acceptors (Lipinski definition) is 3. The lowest BCUT2D eigenvalue weighted by Crippen LogP contribution is -2.23. The molecular weight excluding hydrogens is 382 g/mol. The Hall–Kier alpha value is -3.38. The van der Waals surface area contributed by atoms with Crippen LogP contribution in [-0.2, 0) is 6.54 Å². The molecule has 0 amide bonds. The van der Waals surface area contributed by atoms with Crippen LogP contribution in [0.1, 0.15) is 5.56 Å². The van der Waals surface area contributed by atoms with E-state index in [0.29, 0.717) is 11.7 Å². The van der Waals surface area contributed by atoms with Gasteiger partial charge < -0.3 is 19.7 Å². The fraction of sp³-hybridized carbons (Fsp3) is 0.130. The lowest BCUT2D eigenvalue weighted by molar-refractivity contribution is 0.408. The molecule has 3 rings (SSSR count). The molecule has 148 valence electrons. The first-order chi connectivity index (χ1) is 14.2. The minimum atomic E-state index is 0.371. The summed E-state index contributed by atoms with van der Waals surface area (Å²) in [6.45, 7) is 0.543. The Labute approximate surface area is 176 Å². The molecule has 0 aliphatic heterocycles. The predicted molar refractivity (Wildman–Crippen MR) is 123 cm³/mol. The zero-order chi connectivity index (χ0) is 20.5. The molecule has 5 nitrogen and oxygen atoms in total. The predicted octanol–water partition coefficient (Wildman–Crippen LogP) is 5.14. The van der Waals surface area contributed by atoms with Gasteiger partial charge in [0.2, 0.25) is 0 Å². The smallest absolute Gasteiger partial charge is 0.198 e. The maximum Gasteiger partial charge on any atom is 0.198 e. The second-order valence-electron chi connectivity index (χ2n) is 6.15. The molecule has 1 N–H and O–H groups in total. The number of benzene rings is 3. The highest BCUT2D eigenvalue weighted by molar-refractivity contribution is 7.80. The van der Waals surface area contributed by atoms with Crippen molar-refractivity contribution in [2.45, 2.75) is 6.54 Å². The van der Waals surface area contributed by atoms with E-state index in [0.717, 1.165) is 28.4 Å². The molecule has 0 radical (unpaired) electrons. The summed E-state index contributed by atoms with van der Waals surface area (Å²) in [4.78, 5) is 6.43. The fourth-order valence-electron chi connectivity index (χ4n) is 2.87. The zero-order valence-corrected chi connectivity index (χ0v) is 17.2. The molecule has 0 aliphatic rings. The molecule has 3 aromatic carbocycles. The van der Waals surface area contributed by atoms with Crippen LogP contribution in [0.4, 0.5) is 11.4 Å². The van der Waals surface area contributed by atoms with E-state index in [-0.39, 0.29) is 0 Å². The van der Waals surface area contributed by atoms with Crippen LogP contribution in [-0.4, -0.2) is 25.7 Å². The van der Waals surface area contributed by atoms with Crippen molar-refractivity contribution in [2.75, 3.05) is 24.4 Å². The first-order valence-corrected chi connectivity index (χ1v) is 9.54. The molecular formula is C23H23N3O2S. The third kappa shape index (κ3) is 5.56. The van der Waals surface area contributed by atoms with Crippen LogP contribution in [0.15, 0.2) is 83.9 Å². The first-order valence-electron chi connectivity index (χ1n) is 9.13. The highest BCUT2D eigenvalue weighted by Gasteiger charge is 2.13. The normalized spacial score (nSPS) is 10.6. The van der Waals surface area contributed by atoms with Gasteiger partial charge in [-0.3, -0.25) is 0 Å². The molecule has 0 bridgehead atoms. The van der Waals surface area contributed by atoms with Gasteiger partial charge in [-0.1, -0.05) is 48.5 Å². The summed E-state index contributed by atoms with van der Waals surface area (Å²) in [7, 11) is 3.32. The fourth-order valence-corrected chi connectivity index (χ4v) is 3.04. The van der Waals surface area contributed by atoms with E-state index in [1.165, 1.54) is 0 Å². The number of nitrogens with zero attached hydrogens (tertiary/aromatic N) is 2. The average molecular weight is 406 g/mol. The second-order valence-corrected chi connectivity index (χ2v) is 6.54. The van der Waals surface area contributed by atoms with Crippen LogP contribution < -0.4 is 19.7 Å². The van der Waals surface area contributed by atoms with Crippen molar-refractivity contribution in [3.05, 3.63) is 84.4 Å². The van der Waals surface area contributed by atoms with Crippen LogP contribution in [0.5, 0.6) is 11.5 Å². The van der Waals surface area contributed by atoms with E-state index in [1.54, 1.807) is 20.6 Å². The first kappa shape index (κ1) is 20.4. The topological polar surface area (TPSA) is 46.1 Å². The Morgan fingerprint density at radius 2 is 1.52 bits per heavy atom. The maximum absolute atomic E-state index is 5.54. The van der Waals surface area contributed by atoms with Crippen molar-refractivity contribution in [1.29, 1.82) is 0 Å². The Morgan fingerprint density at radius 3 is 2.24 bits per heavy atom. The van der Waals surface area contributed by atoms with Crippen LogP contribution in [0.25, 0.3) is 0 Å². The third-order valence-electron chi connectivity index (χ3n) is 4.27. The zero-order valence-electron chi connectivity index (χ0n) is 16.4. The van der Waals surface area contributed by atoms with Crippen LogP contribution in [0.2, 0.25) is 0 Å². The summed E-state index contributed by atoms with van der Waals surface area (Å²) >= 11 is 5.39. The van der Waals surface area contributed by atoms with Gasteiger partial charge in [0.05, 0.1) is 32.8 Å². The van der Waals surface area contributed by atoms with Gasteiger partial charge in [0.15, 0.2) is 5.11 Å². The van der Waals surface area contributed by atoms with E-state index < -0.39 is 0 Å². The van der Waals surface area contributed by atoms with Gasteiger partial charge in [-0.25, -0.2) is 4.99 Å². The molecule has 6 heteroatoms. The van der Waals surface area contributed by atoms with E-state index >= 15 is 0 Å². The summed E-state index contributed by atoms with van der Waals surface area (Å²) < 4.78 is 11.0. The molecule has 0 saturated carbocycles.